The molecule has 0 radical (unpaired) electrons. The highest BCUT2D eigenvalue weighted by molar-refractivity contribution is 6.09. The molecule has 6 aromatic carbocycles. The second-order valence-corrected chi connectivity index (χ2v) is 13.4. The van der Waals surface area contributed by atoms with Gasteiger partial charge in [-0.25, -0.2) is 0 Å². The minimum absolute atomic E-state index is 0.0272. The van der Waals surface area contributed by atoms with Crippen molar-refractivity contribution in [3.8, 4) is 11.1 Å². The zero-order valence-corrected chi connectivity index (χ0v) is 25.9. The molecule has 0 spiro atoms. The maximum Gasteiger partial charge on any atom is 0.137 e. The van der Waals surface area contributed by atoms with Crippen molar-refractivity contribution in [2.24, 2.45) is 0 Å². The van der Waals surface area contributed by atoms with E-state index >= 15 is 0 Å². The molecule has 3 heteroatoms. The average Bonchev–Trinajstić information content (AvgIpc) is 3.61. The van der Waals surface area contributed by atoms with Crippen molar-refractivity contribution in [1.29, 1.82) is 0 Å². The van der Waals surface area contributed by atoms with Crippen molar-refractivity contribution in [3.63, 3.8) is 0 Å². The summed E-state index contributed by atoms with van der Waals surface area (Å²) in [5, 5.41) is 4.50. The lowest BCUT2D eigenvalue weighted by Crippen LogP contribution is -2.43. The van der Waals surface area contributed by atoms with Gasteiger partial charge in [-0.2, -0.15) is 0 Å². The summed E-state index contributed by atoms with van der Waals surface area (Å²) in [6.45, 7) is 9.46. The van der Waals surface area contributed by atoms with Gasteiger partial charge in [0, 0.05) is 44.7 Å². The van der Waals surface area contributed by atoms with Gasteiger partial charge in [-0.3, -0.25) is 0 Å². The Hall–Kier alpha value is -5.28. The number of hydrogen-bond acceptors (Lipinski definition) is 3. The molecule has 218 valence electrons. The highest BCUT2D eigenvalue weighted by atomic mass is 16.3. The van der Waals surface area contributed by atoms with Gasteiger partial charge in [0.1, 0.15) is 22.3 Å². The first-order valence-corrected chi connectivity index (χ1v) is 15.7. The molecule has 45 heavy (non-hydrogen) atoms. The number of furan rings is 2. The number of nitrogens with zero attached hydrogens (tertiary/aromatic N) is 1. The predicted octanol–water partition coefficient (Wildman–Crippen LogP) is 12.2. The van der Waals surface area contributed by atoms with Gasteiger partial charge in [0.05, 0.1) is 0 Å². The fourth-order valence-electron chi connectivity index (χ4n) is 7.50. The number of para-hydroxylation sites is 2. The van der Waals surface area contributed by atoms with Gasteiger partial charge >= 0.3 is 0 Å². The Morgan fingerprint density at radius 1 is 0.400 bits per heavy atom. The van der Waals surface area contributed by atoms with Crippen molar-refractivity contribution in [1.82, 2.24) is 0 Å². The van der Waals surface area contributed by atoms with Crippen LogP contribution in [0, 0.1) is 0 Å². The van der Waals surface area contributed by atoms with Crippen LogP contribution >= 0.6 is 0 Å². The Morgan fingerprint density at radius 2 is 1.00 bits per heavy atom. The van der Waals surface area contributed by atoms with Crippen molar-refractivity contribution >= 4 is 60.9 Å². The summed E-state index contributed by atoms with van der Waals surface area (Å²) in [5.74, 6) is 0. The Labute approximate surface area is 262 Å². The first-order valence-electron chi connectivity index (χ1n) is 15.7. The molecule has 0 unspecified atom stereocenters. The normalized spacial score (nSPS) is 15.0. The van der Waals surface area contributed by atoms with E-state index in [1.807, 2.05) is 12.1 Å². The van der Waals surface area contributed by atoms with E-state index in [1.165, 1.54) is 22.3 Å². The first kappa shape index (κ1) is 26.2. The third kappa shape index (κ3) is 3.64. The summed E-state index contributed by atoms with van der Waals surface area (Å²) in [6.07, 6.45) is 0. The highest BCUT2D eigenvalue weighted by Gasteiger charge is 2.46. The second-order valence-electron chi connectivity index (χ2n) is 13.4. The molecule has 1 aliphatic carbocycles. The molecule has 0 fully saturated rings. The minimum Gasteiger partial charge on any atom is -0.456 e. The van der Waals surface area contributed by atoms with Crippen molar-refractivity contribution in [3.05, 3.63) is 139 Å². The lowest BCUT2D eigenvalue weighted by atomic mass is 9.55. The molecular weight excluding hydrogens is 550 g/mol. The third-order valence-corrected chi connectivity index (χ3v) is 10.6. The molecule has 1 aliphatic rings. The Kier molecular flexibility index (Phi) is 5.30. The largest absolute Gasteiger partial charge is 0.456 e. The summed E-state index contributed by atoms with van der Waals surface area (Å²) < 4.78 is 12.9. The van der Waals surface area contributed by atoms with Gasteiger partial charge in [0.2, 0.25) is 0 Å². The first-order chi connectivity index (χ1) is 21.8. The quantitative estimate of drug-likeness (QED) is 0.207. The molecule has 0 N–H and O–H groups in total. The molecule has 8 aromatic rings. The number of hydrogen-bond donors (Lipinski definition) is 0. The number of fused-ring (bicyclic) bond motifs is 9. The zero-order valence-electron chi connectivity index (χ0n) is 25.9. The number of rotatable bonds is 3. The molecule has 3 nitrogen and oxygen atoms in total. The van der Waals surface area contributed by atoms with Gasteiger partial charge in [-0.1, -0.05) is 88.4 Å². The molecule has 9 rings (SSSR count). The van der Waals surface area contributed by atoms with Crippen molar-refractivity contribution in [2.75, 3.05) is 4.90 Å². The summed E-state index contributed by atoms with van der Waals surface area (Å²) in [5.41, 5.74) is 12.0. The van der Waals surface area contributed by atoms with Gasteiger partial charge in [0.15, 0.2) is 0 Å². The lowest BCUT2D eigenvalue weighted by Gasteiger charge is -2.48. The van der Waals surface area contributed by atoms with E-state index in [-0.39, 0.29) is 10.8 Å². The molecule has 0 saturated carbocycles. The molecule has 2 aromatic heterocycles. The Bertz CT molecular complexity index is 2440. The van der Waals surface area contributed by atoms with Crippen LogP contribution in [0.3, 0.4) is 0 Å². The minimum atomic E-state index is -0.0750. The van der Waals surface area contributed by atoms with Crippen LogP contribution in [0.4, 0.5) is 17.1 Å². The van der Waals surface area contributed by atoms with Crippen LogP contribution in [0.5, 0.6) is 0 Å². The number of benzene rings is 6. The maximum atomic E-state index is 6.57. The van der Waals surface area contributed by atoms with Crippen LogP contribution in [0.25, 0.3) is 55.0 Å². The second kappa shape index (κ2) is 9.12. The SMILES string of the molecule is CC1(C)c2ccccc2-c2cc3c(cc2C1(C)C)oc1ccc(N(c2ccccc2)c2ccc4c(c2)oc2ccccc24)cc13. The van der Waals surface area contributed by atoms with Crippen LogP contribution in [0.15, 0.2) is 136 Å². The highest BCUT2D eigenvalue weighted by Crippen LogP contribution is 2.55. The molecule has 0 saturated heterocycles. The van der Waals surface area contributed by atoms with Gasteiger partial charge < -0.3 is 13.7 Å². The molecule has 2 heterocycles. The fourth-order valence-corrected chi connectivity index (χ4v) is 7.50. The monoisotopic (exact) mass is 583 g/mol. The van der Waals surface area contributed by atoms with Gasteiger partial charge in [-0.05, 0) is 93.7 Å². The van der Waals surface area contributed by atoms with Crippen LogP contribution in [-0.4, -0.2) is 0 Å². The summed E-state index contributed by atoms with van der Waals surface area (Å²) in [6, 6.07) is 45.4. The van der Waals surface area contributed by atoms with Crippen molar-refractivity contribution < 1.29 is 8.83 Å². The number of anilines is 3. The fraction of sp³-hybridized carbons (Fsp3) is 0.143. The van der Waals surface area contributed by atoms with Crippen LogP contribution < -0.4 is 4.90 Å². The van der Waals surface area contributed by atoms with Crippen molar-refractivity contribution in [2.45, 2.75) is 38.5 Å². The summed E-state index contributed by atoms with van der Waals surface area (Å²) in [4.78, 5) is 2.30. The van der Waals surface area contributed by atoms with Crippen LogP contribution in [0.1, 0.15) is 38.8 Å². The molecule has 0 atom stereocenters. The average molecular weight is 584 g/mol. The maximum absolute atomic E-state index is 6.57. The summed E-state index contributed by atoms with van der Waals surface area (Å²) >= 11 is 0. The standard InChI is InChI=1S/C42H33NO2/c1-41(2)35-16-10-8-14-29(35)32-24-34-33-22-27(19-21-38(33)45-40(34)25-36(32)42(41,3)4)43(26-12-6-5-7-13-26)28-18-20-31-30-15-9-11-17-37(30)44-39(31)23-28/h5-25H,1-4H3. The van der Waals surface area contributed by atoms with Gasteiger partial charge in [-0.15, -0.1) is 0 Å². The predicted molar refractivity (Wildman–Crippen MR) is 187 cm³/mol. The molecule has 0 amide bonds. The molecular formula is C42H33NO2. The van der Waals surface area contributed by atoms with E-state index in [0.717, 1.165) is 60.9 Å². The van der Waals surface area contributed by atoms with Crippen LogP contribution in [-0.2, 0) is 10.8 Å². The topological polar surface area (TPSA) is 29.5 Å². The summed E-state index contributed by atoms with van der Waals surface area (Å²) in [7, 11) is 0. The Morgan fingerprint density at radius 3 is 1.84 bits per heavy atom. The van der Waals surface area contributed by atoms with E-state index in [0.29, 0.717) is 0 Å². The Balaban J connectivity index is 1.26. The van der Waals surface area contributed by atoms with Crippen LogP contribution in [0.2, 0.25) is 0 Å². The van der Waals surface area contributed by atoms with Gasteiger partial charge in [0.25, 0.3) is 0 Å². The zero-order chi connectivity index (χ0) is 30.5. The van der Waals surface area contributed by atoms with E-state index in [2.05, 4.69) is 148 Å². The smallest absolute Gasteiger partial charge is 0.137 e. The van der Waals surface area contributed by atoms with E-state index in [9.17, 15) is 0 Å². The third-order valence-electron chi connectivity index (χ3n) is 10.6. The lowest BCUT2D eigenvalue weighted by molar-refractivity contribution is 0.299. The molecule has 0 aliphatic heterocycles. The molecule has 0 bridgehead atoms. The van der Waals surface area contributed by atoms with E-state index < -0.39 is 0 Å². The van der Waals surface area contributed by atoms with E-state index in [4.69, 9.17) is 8.83 Å². The van der Waals surface area contributed by atoms with E-state index in [1.54, 1.807) is 0 Å².